The van der Waals surface area contributed by atoms with Gasteiger partial charge in [-0.25, -0.2) is 4.39 Å². The van der Waals surface area contributed by atoms with Crippen LogP contribution in [-0.2, 0) is 6.42 Å². The molecule has 21 heavy (non-hydrogen) atoms. The zero-order chi connectivity index (χ0) is 14.8. The predicted octanol–water partition coefficient (Wildman–Crippen LogP) is 6.26. The molecule has 0 fully saturated rings. The Morgan fingerprint density at radius 2 is 1.57 bits per heavy atom. The fourth-order valence-electron chi connectivity index (χ4n) is 2.38. The molecule has 0 bridgehead atoms. The molecule has 0 heterocycles. The first-order valence-electron chi connectivity index (χ1n) is 6.69. The van der Waals surface area contributed by atoms with Crippen molar-refractivity contribution >= 4 is 38.3 Å². The molecule has 106 valence electrons. The number of benzene rings is 3. The minimum atomic E-state index is -0.221. The highest BCUT2D eigenvalue weighted by molar-refractivity contribution is 9.10. The molecule has 0 N–H and O–H groups in total. The van der Waals surface area contributed by atoms with Crippen LogP contribution in [0.25, 0.3) is 10.8 Å². The van der Waals surface area contributed by atoms with Gasteiger partial charge in [-0.05, 0) is 58.7 Å². The van der Waals surface area contributed by atoms with E-state index in [-0.39, 0.29) is 11.2 Å². The molecule has 0 spiro atoms. The van der Waals surface area contributed by atoms with Crippen molar-refractivity contribution in [3.63, 3.8) is 0 Å². The summed E-state index contributed by atoms with van der Waals surface area (Å²) in [6.45, 7) is 0. The Bertz CT molecular complexity index is 768. The summed E-state index contributed by atoms with van der Waals surface area (Å²) in [5.41, 5.74) is 2.11. The van der Waals surface area contributed by atoms with Crippen molar-refractivity contribution in [1.82, 2.24) is 0 Å². The quantitative estimate of drug-likeness (QED) is 0.481. The van der Waals surface area contributed by atoms with Crippen LogP contribution in [0.4, 0.5) is 4.39 Å². The van der Waals surface area contributed by atoms with Crippen LogP contribution in [0.15, 0.2) is 65.1 Å². The number of rotatable bonds is 3. The van der Waals surface area contributed by atoms with E-state index in [9.17, 15) is 4.39 Å². The first kappa shape index (κ1) is 14.6. The SMILES string of the molecule is Fc1ccc(CC(Cl)c2ccc3cc(Br)ccc3c2)cc1. The fraction of sp³-hybridized carbons (Fsp3) is 0.111. The van der Waals surface area contributed by atoms with Gasteiger partial charge >= 0.3 is 0 Å². The van der Waals surface area contributed by atoms with Crippen LogP contribution in [-0.4, -0.2) is 0 Å². The zero-order valence-corrected chi connectivity index (χ0v) is 13.5. The largest absolute Gasteiger partial charge is 0.207 e. The molecule has 3 aromatic carbocycles. The Balaban J connectivity index is 1.85. The van der Waals surface area contributed by atoms with Gasteiger partial charge in [0, 0.05) is 4.47 Å². The van der Waals surface area contributed by atoms with Gasteiger partial charge in [-0.15, -0.1) is 11.6 Å². The molecule has 0 radical (unpaired) electrons. The Morgan fingerprint density at radius 3 is 2.33 bits per heavy atom. The first-order chi connectivity index (χ1) is 10.1. The summed E-state index contributed by atoms with van der Waals surface area (Å²) in [5, 5.41) is 2.22. The minimum Gasteiger partial charge on any atom is -0.207 e. The molecule has 0 aliphatic heterocycles. The molecule has 0 saturated carbocycles. The van der Waals surface area contributed by atoms with Crippen LogP contribution < -0.4 is 0 Å². The number of hydrogen-bond donors (Lipinski definition) is 0. The van der Waals surface area contributed by atoms with Crippen molar-refractivity contribution in [2.45, 2.75) is 11.8 Å². The number of hydrogen-bond acceptors (Lipinski definition) is 0. The molecule has 1 atom stereocenters. The Kier molecular flexibility index (Phi) is 4.27. The molecule has 0 aromatic heterocycles. The normalized spacial score (nSPS) is 12.5. The third-order valence-electron chi connectivity index (χ3n) is 3.52. The molecule has 3 heteroatoms. The number of fused-ring (bicyclic) bond motifs is 1. The van der Waals surface area contributed by atoms with Crippen LogP contribution in [0.1, 0.15) is 16.5 Å². The van der Waals surface area contributed by atoms with Gasteiger partial charge in [-0.3, -0.25) is 0 Å². The molecule has 0 amide bonds. The molecule has 0 saturated heterocycles. The lowest BCUT2D eigenvalue weighted by Crippen LogP contribution is -1.96. The smallest absolute Gasteiger partial charge is 0.123 e. The van der Waals surface area contributed by atoms with Crippen LogP contribution in [0, 0.1) is 5.82 Å². The van der Waals surface area contributed by atoms with Gasteiger partial charge in [0.15, 0.2) is 0 Å². The van der Waals surface area contributed by atoms with Crippen LogP contribution >= 0.6 is 27.5 Å². The van der Waals surface area contributed by atoms with E-state index in [1.54, 1.807) is 12.1 Å². The average molecular weight is 364 g/mol. The van der Waals surface area contributed by atoms with Crippen molar-refractivity contribution in [3.8, 4) is 0 Å². The lowest BCUT2D eigenvalue weighted by Gasteiger charge is -2.11. The summed E-state index contributed by atoms with van der Waals surface area (Å²) >= 11 is 9.98. The maximum absolute atomic E-state index is 12.9. The van der Waals surface area contributed by atoms with Gasteiger partial charge in [-0.2, -0.15) is 0 Å². The van der Waals surface area contributed by atoms with Crippen LogP contribution in [0.2, 0.25) is 0 Å². The summed E-state index contributed by atoms with van der Waals surface area (Å²) in [4.78, 5) is 0. The molecular weight excluding hydrogens is 351 g/mol. The van der Waals surface area contributed by atoms with Gasteiger partial charge < -0.3 is 0 Å². The minimum absolute atomic E-state index is 0.122. The van der Waals surface area contributed by atoms with Gasteiger partial charge in [0.2, 0.25) is 0 Å². The Hall–Kier alpha value is -1.38. The molecule has 0 aliphatic carbocycles. The highest BCUT2D eigenvalue weighted by atomic mass is 79.9. The second-order valence-electron chi connectivity index (χ2n) is 5.05. The molecule has 0 nitrogen and oxygen atoms in total. The van der Waals surface area contributed by atoms with Crippen LogP contribution in [0.5, 0.6) is 0 Å². The zero-order valence-electron chi connectivity index (χ0n) is 11.2. The van der Waals surface area contributed by atoms with Crippen molar-refractivity contribution in [2.75, 3.05) is 0 Å². The van der Waals surface area contributed by atoms with Crippen LogP contribution in [0.3, 0.4) is 0 Å². The second kappa shape index (κ2) is 6.17. The van der Waals surface area contributed by atoms with Gasteiger partial charge in [-0.1, -0.05) is 46.3 Å². The Morgan fingerprint density at radius 1 is 0.905 bits per heavy atom. The third-order valence-corrected chi connectivity index (χ3v) is 4.42. The molecule has 3 aromatic rings. The highest BCUT2D eigenvalue weighted by Crippen LogP contribution is 2.29. The van der Waals surface area contributed by atoms with Crippen molar-refractivity contribution in [2.24, 2.45) is 0 Å². The molecule has 1 unspecified atom stereocenters. The van der Waals surface area contributed by atoms with E-state index in [1.807, 2.05) is 6.07 Å². The monoisotopic (exact) mass is 362 g/mol. The highest BCUT2D eigenvalue weighted by Gasteiger charge is 2.10. The lowest BCUT2D eigenvalue weighted by molar-refractivity contribution is 0.627. The van der Waals surface area contributed by atoms with E-state index in [0.717, 1.165) is 15.6 Å². The van der Waals surface area contributed by atoms with E-state index < -0.39 is 0 Å². The molecular formula is C18H13BrClF. The average Bonchev–Trinajstić information content (AvgIpc) is 2.49. The molecule has 3 rings (SSSR count). The third kappa shape index (κ3) is 3.45. The van der Waals surface area contributed by atoms with Crippen molar-refractivity contribution in [3.05, 3.63) is 82.1 Å². The second-order valence-corrected chi connectivity index (χ2v) is 6.49. The van der Waals surface area contributed by atoms with E-state index in [1.165, 1.54) is 22.9 Å². The maximum atomic E-state index is 12.9. The van der Waals surface area contributed by atoms with Crippen molar-refractivity contribution < 1.29 is 4.39 Å². The summed E-state index contributed by atoms with van der Waals surface area (Å²) in [5.74, 6) is -0.221. The van der Waals surface area contributed by atoms with Crippen molar-refractivity contribution in [1.29, 1.82) is 0 Å². The maximum Gasteiger partial charge on any atom is 0.123 e. The van der Waals surface area contributed by atoms with Gasteiger partial charge in [0.25, 0.3) is 0 Å². The fourth-order valence-corrected chi connectivity index (χ4v) is 3.07. The summed E-state index contributed by atoms with van der Waals surface area (Å²) < 4.78 is 14.0. The summed E-state index contributed by atoms with van der Waals surface area (Å²) in [6.07, 6.45) is 0.684. The number of alkyl halides is 1. The first-order valence-corrected chi connectivity index (χ1v) is 7.92. The summed E-state index contributed by atoms with van der Waals surface area (Å²) in [7, 11) is 0. The van der Waals surface area contributed by atoms with E-state index in [4.69, 9.17) is 11.6 Å². The Labute approximate surface area is 136 Å². The van der Waals surface area contributed by atoms with Gasteiger partial charge in [0.1, 0.15) is 5.82 Å². The lowest BCUT2D eigenvalue weighted by atomic mass is 10.0. The van der Waals surface area contributed by atoms with Gasteiger partial charge in [0.05, 0.1) is 5.38 Å². The number of halogens is 3. The summed E-state index contributed by atoms with van der Waals surface area (Å²) in [6, 6.07) is 18.9. The predicted molar refractivity (Wildman–Crippen MR) is 90.3 cm³/mol. The standard InChI is InChI=1S/C18H13BrClF/c19-16-6-5-13-10-15(4-3-14(13)11-16)18(20)9-12-1-7-17(21)8-2-12/h1-8,10-11,18H,9H2. The van der Waals surface area contributed by atoms with E-state index in [0.29, 0.717) is 6.42 Å². The molecule has 0 aliphatic rings. The van der Waals surface area contributed by atoms with E-state index in [2.05, 4.69) is 46.3 Å². The van der Waals surface area contributed by atoms with E-state index >= 15 is 0 Å². The topological polar surface area (TPSA) is 0 Å².